The van der Waals surface area contributed by atoms with E-state index in [-0.39, 0.29) is 30.4 Å². The molecule has 0 bridgehead atoms. The number of halogens is 2. The number of amides is 3. The second-order valence-electron chi connectivity index (χ2n) is 6.78. The number of rotatable bonds is 6. The molecule has 2 aromatic rings. The molecule has 0 aliphatic carbocycles. The van der Waals surface area contributed by atoms with Gasteiger partial charge in [-0.1, -0.05) is 29.3 Å². The van der Waals surface area contributed by atoms with Crippen LogP contribution in [0.1, 0.15) is 21.7 Å². The predicted octanol–water partition coefficient (Wildman–Crippen LogP) is 2.37. The molecule has 3 N–H and O–H groups in total. The van der Waals surface area contributed by atoms with Crippen LogP contribution in [-0.2, 0) is 16.0 Å². The molecule has 1 unspecified atom stereocenters. The van der Waals surface area contributed by atoms with Crippen molar-refractivity contribution in [2.75, 3.05) is 26.2 Å². The molecular weight excluding hydrogens is 447 g/mol. The van der Waals surface area contributed by atoms with Crippen molar-refractivity contribution in [3.05, 3.63) is 56.2 Å². The van der Waals surface area contributed by atoms with Gasteiger partial charge in [0.15, 0.2) is 6.17 Å². The highest BCUT2D eigenvalue weighted by Crippen LogP contribution is 2.25. The van der Waals surface area contributed by atoms with Crippen molar-refractivity contribution in [1.29, 1.82) is 0 Å². The standard InChI is InChI=1S/C20H22Cl2N4O3S/c21-15-5-4-13(11-16(15)22)20(29)26-9-2-8-25(19(26)18(28)24-7-6-23)17(27)12-14-3-1-10-30-14/h1,3-5,10-11,19H,2,6-9,12,23H2,(H,24,28). The highest BCUT2D eigenvalue weighted by molar-refractivity contribution is 7.10. The van der Waals surface area contributed by atoms with Crippen LogP contribution in [0.2, 0.25) is 10.0 Å². The Morgan fingerprint density at radius 1 is 1.13 bits per heavy atom. The number of nitrogens with zero attached hydrogens (tertiary/aromatic N) is 2. The van der Waals surface area contributed by atoms with E-state index in [1.54, 1.807) is 6.07 Å². The number of benzene rings is 1. The molecule has 1 aromatic carbocycles. The van der Waals surface area contributed by atoms with Crippen LogP contribution >= 0.6 is 34.5 Å². The van der Waals surface area contributed by atoms with E-state index in [0.717, 1.165) is 4.88 Å². The molecule has 3 amide bonds. The van der Waals surface area contributed by atoms with Gasteiger partial charge < -0.3 is 20.9 Å². The van der Waals surface area contributed by atoms with Gasteiger partial charge in [-0.3, -0.25) is 14.4 Å². The highest BCUT2D eigenvalue weighted by Gasteiger charge is 2.40. The molecule has 0 spiro atoms. The summed E-state index contributed by atoms with van der Waals surface area (Å²) < 4.78 is 0. The lowest BCUT2D eigenvalue weighted by atomic mass is 10.1. The van der Waals surface area contributed by atoms with E-state index >= 15 is 0 Å². The van der Waals surface area contributed by atoms with E-state index in [0.29, 0.717) is 30.1 Å². The van der Waals surface area contributed by atoms with E-state index in [9.17, 15) is 14.4 Å². The van der Waals surface area contributed by atoms with Gasteiger partial charge in [0, 0.05) is 36.6 Å². The molecule has 2 heterocycles. The molecule has 1 aromatic heterocycles. The Kier molecular flexibility index (Phi) is 7.71. The van der Waals surface area contributed by atoms with Gasteiger partial charge >= 0.3 is 0 Å². The Labute approximate surface area is 188 Å². The summed E-state index contributed by atoms with van der Waals surface area (Å²) in [6, 6.07) is 8.29. The molecule has 7 nitrogen and oxygen atoms in total. The van der Waals surface area contributed by atoms with Gasteiger partial charge in [-0.25, -0.2) is 0 Å². The third-order valence-electron chi connectivity index (χ3n) is 4.72. The number of hydrogen-bond donors (Lipinski definition) is 2. The van der Waals surface area contributed by atoms with Crippen LogP contribution in [0.3, 0.4) is 0 Å². The average Bonchev–Trinajstić information content (AvgIpc) is 3.25. The Balaban J connectivity index is 1.89. The fourth-order valence-electron chi connectivity index (χ4n) is 3.33. The summed E-state index contributed by atoms with van der Waals surface area (Å²) in [7, 11) is 0. The van der Waals surface area contributed by atoms with Crippen molar-refractivity contribution in [3.63, 3.8) is 0 Å². The molecule has 10 heteroatoms. The highest BCUT2D eigenvalue weighted by atomic mass is 35.5. The lowest BCUT2D eigenvalue weighted by Gasteiger charge is -2.42. The minimum atomic E-state index is -1.06. The first kappa shape index (κ1) is 22.6. The smallest absolute Gasteiger partial charge is 0.263 e. The van der Waals surface area contributed by atoms with E-state index in [1.165, 1.54) is 33.3 Å². The van der Waals surface area contributed by atoms with Crippen molar-refractivity contribution in [3.8, 4) is 0 Å². The normalized spacial score (nSPS) is 16.4. The van der Waals surface area contributed by atoms with Crippen molar-refractivity contribution >= 4 is 52.3 Å². The van der Waals surface area contributed by atoms with Gasteiger partial charge in [-0.05, 0) is 36.1 Å². The molecule has 0 radical (unpaired) electrons. The predicted molar refractivity (Wildman–Crippen MR) is 118 cm³/mol. The topological polar surface area (TPSA) is 95.7 Å². The fourth-order valence-corrected chi connectivity index (χ4v) is 4.32. The van der Waals surface area contributed by atoms with Gasteiger partial charge in [0.25, 0.3) is 11.8 Å². The quantitative estimate of drug-likeness (QED) is 0.679. The van der Waals surface area contributed by atoms with Gasteiger partial charge in [-0.15, -0.1) is 11.3 Å². The summed E-state index contributed by atoms with van der Waals surface area (Å²) in [5, 5.41) is 5.17. The third kappa shape index (κ3) is 5.13. The zero-order valence-corrected chi connectivity index (χ0v) is 18.5. The molecule has 1 atom stereocenters. The number of nitrogens with one attached hydrogen (secondary N) is 1. The molecule has 30 heavy (non-hydrogen) atoms. The molecule has 1 fully saturated rings. The fraction of sp³-hybridized carbons (Fsp3) is 0.350. The lowest BCUT2D eigenvalue weighted by molar-refractivity contribution is -0.148. The summed E-state index contributed by atoms with van der Waals surface area (Å²) in [5.74, 6) is -1.04. The zero-order chi connectivity index (χ0) is 21.7. The minimum absolute atomic E-state index is 0.174. The largest absolute Gasteiger partial charge is 0.351 e. The van der Waals surface area contributed by atoms with Gasteiger partial charge in [0.2, 0.25) is 5.91 Å². The Morgan fingerprint density at radius 3 is 2.57 bits per heavy atom. The number of thiophene rings is 1. The maximum Gasteiger partial charge on any atom is 0.263 e. The maximum absolute atomic E-state index is 13.2. The minimum Gasteiger partial charge on any atom is -0.351 e. The van der Waals surface area contributed by atoms with E-state index < -0.39 is 18.0 Å². The molecule has 1 aliphatic heterocycles. The van der Waals surface area contributed by atoms with Crippen molar-refractivity contribution in [1.82, 2.24) is 15.1 Å². The van der Waals surface area contributed by atoms with Gasteiger partial charge in [0.05, 0.1) is 16.5 Å². The molecular formula is C20H22Cl2N4O3S. The van der Waals surface area contributed by atoms with Crippen LogP contribution in [0.15, 0.2) is 35.7 Å². The van der Waals surface area contributed by atoms with Crippen LogP contribution < -0.4 is 11.1 Å². The third-order valence-corrected chi connectivity index (χ3v) is 6.34. The maximum atomic E-state index is 13.2. The number of carbonyl (C=O) groups is 3. The second-order valence-corrected chi connectivity index (χ2v) is 8.62. The SMILES string of the molecule is NCCNC(=O)C1N(C(=O)Cc2cccs2)CCCN1C(=O)c1ccc(Cl)c(Cl)c1. The van der Waals surface area contributed by atoms with Crippen LogP contribution in [0.25, 0.3) is 0 Å². The van der Waals surface area contributed by atoms with Gasteiger partial charge in [0.1, 0.15) is 0 Å². The summed E-state index contributed by atoms with van der Waals surface area (Å²) in [6.07, 6.45) is -0.323. The zero-order valence-electron chi connectivity index (χ0n) is 16.1. The number of hydrogen-bond acceptors (Lipinski definition) is 5. The van der Waals surface area contributed by atoms with Crippen LogP contribution in [0.5, 0.6) is 0 Å². The average molecular weight is 469 g/mol. The monoisotopic (exact) mass is 468 g/mol. The van der Waals surface area contributed by atoms with Crippen LogP contribution in [0.4, 0.5) is 0 Å². The van der Waals surface area contributed by atoms with Crippen molar-refractivity contribution < 1.29 is 14.4 Å². The van der Waals surface area contributed by atoms with Crippen molar-refractivity contribution in [2.24, 2.45) is 5.73 Å². The summed E-state index contributed by atoms with van der Waals surface area (Å²) in [5.41, 5.74) is 5.81. The van der Waals surface area contributed by atoms with Crippen LogP contribution in [0, 0.1) is 0 Å². The van der Waals surface area contributed by atoms with Gasteiger partial charge in [-0.2, -0.15) is 0 Å². The van der Waals surface area contributed by atoms with E-state index in [2.05, 4.69) is 5.32 Å². The van der Waals surface area contributed by atoms with Crippen molar-refractivity contribution in [2.45, 2.75) is 19.0 Å². The Hall–Kier alpha value is -2.13. The number of carbonyl (C=O) groups excluding carboxylic acids is 3. The Bertz CT molecular complexity index is 923. The first-order valence-electron chi connectivity index (χ1n) is 9.48. The summed E-state index contributed by atoms with van der Waals surface area (Å²) in [6.45, 7) is 1.22. The van der Waals surface area contributed by atoms with Crippen LogP contribution in [-0.4, -0.2) is 59.9 Å². The first-order valence-corrected chi connectivity index (χ1v) is 11.1. The number of nitrogens with two attached hydrogens (primary N) is 1. The van der Waals surface area contributed by atoms with E-state index in [1.807, 2.05) is 17.5 Å². The molecule has 1 saturated heterocycles. The summed E-state index contributed by atoms with van der Waals surface area (Å²) >= 11 is 13.5. The van der Waals surface area contributed by atoms with E-state index in [4.69, 9.17) is 28.9 Å². The lowest BCUT2D eigenvalue weighted by Crippen LogP contribution is -2.64. The molecule has 1 aliphatic rings. The Morgan fingerprint density at radius 2 is 1.90 bits per heavy atom. The molecule has 3 rings (SSSR count). The first-order chi connectivity index (χ1) is 14.4. The second kappa shape index (κ2) is 10.3. The summed E-state index contributed by atoms with van der Waals surface area (Å²) in [4.78, 5) is 42.9. The molecule has 0 saturated carbocycles. The molecule has 160 valence electrons.